The Hall–Kier alpha value is -2.37. The third-order valence-corrected chi connectivity index (χ3v) is 7.95. The van der Waals surface area contributed by atoms with Crippen LogP contribution in [0.4, 0.5) is 5.69 Å². The van der Waals surface area contributed by atoms with E-state index in [1.165, 1.54) is 19.3 Å². The van der Waals surface area contributed by atoms with E-state index in [0.717, 1.165) is 32.1 Å². The number of rotatable bonds is 4. The molecule has 6 nitrogen and oxygen atoms in total. The van der Waals surface area contributed by atoms with Gasteiger partial charge in [-0.1, -0.05) is 0 Å². The van der Waals surface area contributed by atoms with Crippen molar-refractivity contribution in [3.63, 3.8) is 0 Å². The second-order valence-electron chi connectivity index (χ2n) is 10.0. The highest BCUT2D eigenvalue weighted by Gasteiger charge is 2.56. The van der Waals surface area contributed by atoms with Gasteiger partial charge in [-0.2, -0.15) is 0 Å². The van der Waals surface area contributed by atoms with Gasteiger partial charge in [-0.3, -0.25) is 14.4 Å². The van der Waals surface area contributed by atoms with E-state index in [1.807, 2.05) is 4.90 Å². The minimum Gasteiger partial charge on any atom is -0.355 e. The molecule has 6 heteroatoms. The summed E-state index contributed by atoms with van der Waals surface area (Å²) in [6.07, 6.45) is 8.62. The van der Waals surface area contributed by atoms with Crippen molar-refractivity contribution in [2.24, 2.45) is 23.2 Å². The van der Waals surface area contributed by atoms with E-state index in [2.05, 4.69) is 10.6 Å². The summed E-state index contributed by atoms with van der Waals surface area (Å²) in [5.74, 6) is 2.13. The Balaban J connectivity index is 1.28. The van der Waals surface area contributed by atoms with Crippen LogP contribution in [0.15, 0.2) is 24.3 Å². The second-order valence-corrected chi connectivity index (χ2v) is 10.0. The molecule has 1 aromatic rings. The number of hydrogen-bond donors (Lipinski definition) is 2. The Kier molecular flexibility index (Phi) is 4.83. The van der Waals surface area contributed by atoms with E-state index in [9.17, 15) is 14.4 Å². The predicted octanol–water partition coefficient (Wildman–Crippen LogP) is 3.19. The zero-order valence-electron chi connectivity index (χ0n) is 17.7. The summed E-state index contributed by atoms with van der Waals surface area (Å²) in [5, 5.41) is 5.55. The fraction of sp³-hybridized carbons (Fsp3) is 0.625. The molecule has 1 heterocycles. The average Bonchev–Trinajstić information content (AvgIpc) is 3.22. The normalized spacial score (nSPS) is 34.1. The molecule has 0 aromatic heterocycles. The van der Waals surface area contributed by atoms with Crippen molar-refractivity contribution in [3.05, 3.63) is 29.8 Å². The van der Waals surface area contributed by atoms with Gasteiger partial charge in [0.25, 0.3) is 5.91 Å². The van der Waals surface area contributed by atoms with Gasteiger partial charge in [-0.05, 0) is 93.4 Å². The van der Waals surface area contributed by atoms with Crippen LogP contribution >= 0.6 is 0 Å². The van der Waals surface area contributed by atoms with Crippen LogP contribution in [0, 0.1) is 23.2 Å². The first-order valence-electron chi connectivity index (χ1n) is 11.4. The zero-order valence-corrected chi connectivity index (χ0v) is 17.7. The number of likely N-dealkylation sites (tertiary alicyclic amines) is 1. The largest absolute Gasteiger partial charge is 0.355 e. The smallest absolute Gasteiger partial charge is 0.251 e. The Bertz CT molecular complexity index is 828. The fourth-order valence-electron chi connectivity index (χ4n) is 7.03. The van der Waals surface area contributed by atoms with Crippen LogP contribution in [-0.4, -0.2) is 42.3 Å². The zero-order chi connectivity index (χ0) is 20.9. The molecule has 1 saturated heterocycles. The SMILES string of the molecule is CNC(=O)c1ccc(NC(=O)[C@H]2CCCN2C(=O)C23CC4CC(CC(C4)C2)C3)cc1. The fourth-order valence-corrected chi connectivity index (χ4v) is 7.03. The minimum absolute atomic E-state index is 0.113. The Labute approximate surface area is 177 Å². The molecule has 5 aliphatic rings. The number of carbonyl (C=O) groups excluding carboxylic acids is 3. The quantitative estimate of drug-likeness (QED) is 0.802. The lowest BCUT2D eigenvalue weighted by atomic mass is 9.49. The van der Waals surface area contributed by atoms with Crippen LogP contribution in [0.2, 0.25) is 0 Å². The maximum Gasteiger partial charge on any atom is 0.251 e. The van der Waals surface area contributed by atoms with E-state index in [-0.39, 0.29) is 29.2 Å². The molecule has 1 aliphatic heterocycles. The van der Waals surface area contributed by atoms with Crippen molar-refractivity contribution in [3.8, 4) is 0 Å². The van der Waals surface area contributed by atoms with Gasteiger partial charge in [0.2, 0.25) is 11.8 Å². The van der Waals surface area contributed by atoms with Crippen molar-refractivity contribution in [1.82, 2.24) is 10.2 Å². The molecule has 4 saturated carbocycles. The topological polar surface area (TPSA) is 78.5 Å². The van der Waals surface area contributed by atoms with Gasteiger partial charge in [0.15, 0.2) is 0 Å². The number of nitrogens with one attached hydrogen (secondary N) is 2. The van der Waals surface area contributed by atoms with Gasteiger partial charge < -0.3 is 15.5 Å². The van der Waals surface area contributed by atoms with Crippen molar-refractivity contribution >= 4 is 23.4 Å². The predicted molar refractivity (Wildman–Crippen MR) is 114 cm³/mol. The Morgan fingerprint density at radius 2 is 1.57 bits per heavy atom. The number of amides is 3. The Morgan fingerprint density at radius 3 is 2.13 bits per heavy atom. The number of nitrogens with zero attached hydrogens (tertiary/aromatic N) is 1. The van der Waals surface area contributed by atoms with Gasteiger partial charge in [0.1, 0.15) is 6.04 Å². The van der Waals surface area contributed by atoms with Gasteiger partial charge >= 0.3 is 0 Å². The van der Waals surface area contributed by atoms with Crippen LogP contribution in [0.25, 0.3) is 0 Å². The van der Waals surface area contributed by atoms with E-state index in [0.29, 0.717) is 35.5 Å². The summed E-state index contributed by atoms with van der Waals surface area (Å²) in [5.41, 5.74) is 1.00. The van der Waals surface area contributed by atoms with Gasteiger partial charge in [0, 0.05) is 24.8 Å². The van der Waals surface area contributed by atoms with Crippen molar-refractivity contribution < 1.29 is 14.4 Å². The summed E-state index contributed by atoms with van der Waals surface area (Å²) < 4.78 is 0. The molecule has 4 aliphatic carbocycles. The first-order valence-corrected chi connectivity index (χ1v) is 11.4. The molecule has 0 unspecified atom stereocenters. The maximum atomic E-state index is 13.7. The van der Waals surface area contributed by atoms with E-state index >= 15 is 0 Å². The molecule has 0 radical (unpaired) electrons. The number of carbonyl (C=O) groups is 3. The number of anilines is 1. The first-order chi connectivity index (χ1) is 14.5. The van der Waals surface area contributed by atoms with E-state index < -0.39 is 0 Å². The highest BCUT2D eigenvalue weighted by Crippen LogP contribution is 2.60. The molecule has 4 bridgehead atoms. The standard InChI is InChI=1S/C24H31N3O3/c1-25-21(28)18-4-6-19(7-5-18)26-22(29)20-3-2-8-27(20)23(30)24-12-15-9-16(13-24)11-17(10-15)14-24/h4-7,15-17,20H,2-3,8-14H2,1H3,(H,25,28)(H,26,29)/t15?,16?,17?,20-,24?/m1/s1. The maximum absolute atomic E-state index is 13.7. The lowest BCUT2D eigenvalue weighted by Crippen LogP contribution is -2.56. The summed E-state index contributed by atoms with van der Waals surface area (Å²) in [4.78, 5) is 40.4. The third-order valence-electron chi connectivity index (χ3n) is 7.95. The van der Waals surface area contributed by atoms with Gasteiger partial charge in [0.05, 0.1) is 5.41 Å². The number of benzene rings is 1. The summed E-state index contributed by atoms with van der Waals surface area (Å²) in [6, 6.07) is 6.48. The minimum atomic E-state index is -0.385. The van der Waals surface area contributed by atoms with Crippen molar-refractivity contribution in [2.75, 3.05) is 18.9 Å². The van der Waals surface area contributed by atoms with E-state index in [1.54, 1.807) is 31.3 Å². The average molecular weight is 410 g/mol. The molecule has 1 atom stereocenters. The molecule has 1 aromatic carbocycles. The van der Waals surface area contributed by atoms with Crippen LogP contribution in [-0.2, 0) is 9.59 Å². The van der Waals surface area contributed by atoms with Crippen LogP contribution < -0.4 is 10.6 Å². The monoisotopic (exact) mass is 409 g/mol. The highest BCUT2D eigenvalue weighted by atomic mass is 16.2. The van der Waals surface area contributed by atoms with E-state index in [4.69, 9.17) is 0 Å². The molecule has 3 amide bonds. The van der Waals surface area contributed by atoms with Gasteiger partial charge in [-0.15, -0.1) is 0 Å². The molecule has 5 fully saturated rings. The molecule has 160 valence electrons. The van der Waals surface area contributed by atoms with Crippen molar-refractivity contribution in [1.29, 1.82) is 0 Å². The summed E-state index contributed by atoms with van der Waals surface area (Å²) in [6.45, 7) is 0.689. The highest BCUT2D eigenvalue weighted by molar-refractivity contribution is 5.99. The van der Waals surface area contributed by atoms with Crippen LogP contribution in [0.1, 0.15) is 61.7 Å². The van der Waals surface area contributed by atoms with Crippen LogP contribution in [0.5, 0.6) is 0 Å². The lowest BCUT2D eigenvalue weighted by molar-refractivity contribution is -0.160. The van der Waals surface area contributed by atoms with Crippen LogP contribution in [0.3, 0.4) is 0 Å². The van der Waals surface area contributed by atoms with Crippen molar-refractivity contribution in [2.45, 2.75) is 57.4 Å². The molecular formula is C24H31N3O3. The molecule has 0 spiro atoms. The summed E-state index contributed by atoms with van der Waals surface area (Å²) >= 11 is 0. The second kappa shape index (κ2) is 7.40. The molecule has 30 heavy (non-hydrogen) atoms. The van der Waals surface area contributed by atoms with Gasteiger partial charge in [-0.25, -0.2) is 0 Å². The first kappa shape index (κ1) is 19.6. The number of hydrogen-bond acceptors (Lipinski definition) is 3. The Morgan fingerprint density at radius 1 is 0.967 bits per heavy atom. The molecule has 2 N–H and O–H groups in total. The lowest BCUT2D eigenvalue weighted by Gasteiger charge is -2.56. The molecular weight excluding hydrogens is 378 g/mol. The molecule has 6 rings (SSSR count). The third kappa shape index (κ3) is 3.30. The summed E-state index contributed by atoms with van der Waals surface area (Å²) in [7, 11) is 1.59.